The predicted molar refractivity (Wildman–Crippen MR) is 68.4 cm³/mol. The smallest absolute Gasteiger partial charge is 0.258 e. The number of nitrogens with one attached hydrogen (secondary N) is 1. The van der Waals surface area contributed by atoms with E-state index >= 15 is 0 Å². The first kappa shape index (κ1) is 13.6. The molecule has 1 amide bonds. The molecule has 0 aromatic heterocycles. The van der Waals surface area contributed by atoms with E-state index in [2.05, 4.69) is 21.2 Å². The van der Waals surface area contributed by atoms with Gasteiger partial charge in [0.1, 0.15) is 17.5 Å². The van der Waals surface area contributed by atoms with Crippen LogP contribution in [0.1, 0.15) is 10.4 Å². The molecule has 0 fully saturated rings. The van der Waals surface area contributed by atoms with Crippen molar-refractivity contribution in [2.75, 3.05) is 5.32 Å². The second kappa shape index (κ2) is 5.44. The topological polar surface area (TPSA) is 29.1 Å². The van der Waals surface area contributed by atoms with Crippen molar-refractivity contribution in [2.24, 2.45) is 0 Å². The number of amides is 1. The standard InChI is InChI=1S/C13H7BrF3NO/c14-7-1-4-12(11(17)5-7)18-13(19)9-6-8(15)2-3-10(9)16/h1-6H,(H,18,19). The van der Waals surface area contributed by atoms with Crippen LogP contribution in [-0.4, -0.2) is 5.91 Å². The summed E-state index contributed by atoms with van der Waals surface area (Å²) in [6.45, 7) is 0. The van der Waals surface area contributed by atoms with Crippen molar-refractivity contribution < 1.29 is 18.0 Å². The second-order valence-electron chi connectivity index (χ2n) is 3.70. The molecule has 0 heterocycles. The van der Waals surface area contributed by atoms with Crippen LogP contribution < -0.4 is 5.32 Å². The van der Waals surface area contributed by atoms with Gasteiger partial charge in [0.05, 0.1) is 11.3 Å². The van der Waals surface area contributed by atoms with Crippen LogP contribution in [0.3, 0.4) is 0 Å². The van der Waals surface area contributed by atoms with Crippen molar-refractivity contribution in [3.63, 3.8) is 0 Å². The third kappa shape index (κ3) is 3.14. The molecule has 2 rings (SSSR count). The van der Waals surface area contributed by atoms with Gasteiger partial charge in [-0.15, -0.1) is 0 Å². The molecule has 0 saturated heterocycles. The van der Waals surface area contributed by atoms with Crippen molar-refractivity contribution in [2.45, 2.75) is 0 Å². The number of hydrogen-bond donors (Lipinski definition) is 1. The van der Waals surface area contributed by atoms with E-state index in [1.54, 1.807) is 0 Å². The van der Waals surface area contributed by atoms with Gasteiger partial charge in [0.2, 0.25) is 0 Å². The van der Waals surface area contributed by atoms with Crippen molar-refractivity contribution >= 4 is 27.5 Å². The summed E-state index contributed by atoms with van der Waals surface area (Å²) in [5.41, 5.74) is -0.598. The summed E-state index contributed by atoms with van der Waals surface area (Å²) in [5.74, 6) is -3.22. The van der Waals surface area contributed by atoms with E-state index in [9.17, 15) is 18.0 Å². The molecule has 0 aliphatic heterocycles. The maximum atomic E-state index is 13.5. The van der Waals surface area contributed by atoms with Crippen LogP contribution in [0, 0.1) is 17.5 Å². The molecular formula is C13H7BrF3NO. The van der Waals surface area contributed by atoms with Gasteiger partial charge in [-0.25, -0.2) is 13.2 Å². The summed E-state index contributed by atoms with van der Waals surface area (Å²) in [4.78, 5) is 11.7. The molecule has 0 aliphatic rings. The van der Waals surface area contributed by atoms with Gasteiger partial charge >= 0.3 is 0 Å². The Labute approximate surface area is 115 Å². The SMILES string of the molecule is O=C(Nc1ccc(Br)cc1F)c1cc(F)ccc1F. The number of halogens is 4. The monoisotopic (exact) mass is 329 g/mol. The third-order valence-corrected chi connectivity index (χ3v) is 2.85. The minimum absolute atomic E-state index is 0.114. The van der Waals surface area contributed by atoms with Gasteiger partial charge < -0.3 is 5.32 Å². The van der Waals surface area contributed by atoms with Crippen LogP contribution in [-0.2, 0) is 0 Å². The van der Waals surface area contributed by atoms with E-state index in [1.807, 2.05) is 0 Å². The molecule has 0 spiro atoms. The molecule has 0 bridgehead atoms. The summed E-state index contributed by atoms with van der Waals surface area (Å²) < 4.78 is 40.3. The fourth-order valence-electron chi connectivity index (χ4n) is 1.45. The van der Waals surface area contributed by atoms with E-state index < -0.39 is 28.9 Å². The van der Waals surface area contributed by atoms with Crippen molar-refractivity contribution in [1.82, 2.24) is 0 Å². The minimum atomic E-state index is -0.918. The second-order valence-corrected chi connectivity index (χ2v) is 4.62. The fraction of sp³-hybridized carbons (Fsp3) is 0. The Kier molecular flexibility index (Phi) is 3.90. The zero-order valence-corrected chi connectivity index (χ0v) is 11.0. The number of anilines is 1. The highest BCUT2D eigenvalue weighted by atomic mass is 79.9. The third-order valence-electron chi connectivity index (χ3n) is 2.35. The Morgan fingerprint density at radius 1 is 1.00 bits per heavy atom. The Morgan fingerprint density at radius 3 is 2.42 bits per heavy atom. The zero-order chi connectivity index (χ0) is 14.0. The molecule has 19 heavy (non-hydrogen) atoms. The van der Waals surface area contributed by atoms with Crippen LogP contribution in [0.25, 0.3) is 0 Å². The van der Waals surface area contributed by atoms with Gasteiger partial charge in [0.25, 0.3) is 5.91 Å². The molecule has 0 radical (unpaired) electrons. The van der Waals surface area contributed by atoms with Gasteiger partial charge in [-0.1, -0.05) is 15.9 Å². The predicted octanol–water partition coefficient (Wildman–Crippen LogP) is 4.12. The average molecular weight is 330 g/mol. The molecule has 1 N–H and O–H groups in total. The van der Waals surface area contributed by atoms with E-state index in [4.69, 9.17) is 0 Å². The lowest BCUT2D eigenvalue weighted by atomic mass is 10.2. The number of carbonyl (C=O) groups is 1. The maximum absolute atomic E-state index is 13.5. The minimum Gasteiger partial charge on any atom is -0.319 e. The van der Waals surface area contributed by atoms with Crippen molar-refractivity contribution in [3.05, 3.63) is 63.9 Å². The van der Waals surface area contributed by atoms with Crippen molar-refractivity contribution in [1.29, 1.82) is 0 Å². The Bertz CT molecular complexity index is 646. The lowest BCUT2D eigenvalue weighted by Crippen LogP contribution is -2.15. The molecule has 0 aliphatic carbocycles. The van der Waals surface area contributed by atoms with Gasteiger partial charge in [0.15, 0.2) is 0 Å². The van der Waals surface area contributed by atoms with Crippen LogP contribution in [0.5, 0.6) is 0 Å². The first-order chi connectivity index (χ1) is 8.97. The summed E-state index contributed by atoms with van der Waals surface area (Å²) in [5, 5.41) is 2.18. The van der Waals surface area contributed by atoms with E-state index in [-0.39, 0.29) is 5.69 Å². The van der Waals surface area contributed by atoms with E-state index in [0.717, 1.165) is 24.3 Å². The summed E-state index contributed by atoms with van der Waals surface area (Å²) >= 11 is 3.07. The number of carbonyl (C=O) groups excluding carboxylic acids is 1. The Morgan fingerprint density at radius 2 is 1.74 bits per heavy atom. The number of hydrogen-bond acceptors (Lipinski definition) is 1. The highest BCUT2D eigenvalue weighted by molar-refractivity contribution is 9.10. The van der Waals surface area contributed by atoms with E-state index in [1.165, 1.54) is 12.1 Å². The largest absolute Gasteiger partial charge is 0.319 e. The lowest BCUT2D eigenvalue weighted by molar-refractivity contribution is 0.102. The van der Waals surface area contributed by atoms with Crippen LogP contribution in [0.15, 0.2) is 40.9 Å². The highest BCUT2D eigenvalue weighted by Crippen LogP contribution is 2.20. The van der Waals surface area contributed by atoms with Crippen LogP contribution >= 0.6 is 15.9 Å². The summed E-state index contributed by atoms with van der Waals surface area (Å²) in [7, 11) is 0. The van der Waals surface area contributed by atoms with Gasteiger partial charge in [-0.3, -0.25) is 4.79 Å². The summed E-state index contributed by atoms with van der Waals surface area (Å²) in [6.07, 6.45) is 0. The van der Waals surface area contributed by atoms with Crippen molar-refractivity contribution in [3.8, 4) is 0 Å². The normalized spacial score (nSPS) is 10.3. The quantitative estimate of drug-likeness (QED) is 0.882. The molecular weight excluding hydrogens is 323 g/mol. The first-order valence-corrected chi connectivity index (χ1v) is 5.98. The number of benzene rings is 2. The summed E-state index contributed by atoms with van der Waals surface area (Å²) in [6, 6.07) is 6.46. The van der Waals surface area contributed by atoms with Gasteiger partial charge in [-0.2, -0.15) is 0 Å². The van der Waals surface area contributed by atoms with Gasteiger partial charge in [-0.05, 0) is 36.4 Å². The zero-order valence-electron chi connectivity index (χ0n) is 9.38. The Balaban J connectivity index is 2.28. The molecule has 0 unspecified atom stereocenters. The van der Waals surface area contributed by atoms with Crippen LogP contribution in [0.4, 0.5) is 18.9 Å². The fourth-order valence-corrected chi connectivity index (χ4v) is 1.79. The Hall–Kier alpha value is -1.82. The van der Waals surface area contributed by atoms with E-state index in [0.29, 0.717) is 4.47 Å². The maximum Gasteiger partial charge on any atom is 0.258 e. The first-order valence-electron chi connectivity index (χ1n) is 5.19. The molecule has 2 nitrogen and oxygen atoms in total. The average Bonchev–Trinajstić information content (AvgIpc) is 2.35. The molecule has 2 aromatic rings. The lowest BCUT2D eigenvalue weighted by Gasteiger charge is -2.07. The van der Waals surface area contributed by atoms with Crippen LogP contribution in [0.2, 0.25) is 0 Å². The molecule has 0 saturated carbocycles. The molecule has 0 atom stereocenters. The number of rotatable bonds is 2. The molecule has 98 valence electrons. The highest BCUT2D eigenvalue weighted by Gasteiger charge is 2.14. The molecule has 6 heteroatoms. The van der Waals surface area contributed by atoms with Gasteiger partial charge in [0, 0.05) is 4.47 Å². The molecule has 2 aromatic carbocycles.